The van der Waals surface area contributed by atoms with E-state index >= 15 is 0 Å². The summed E-state index contributed by atoms with van der Waals surface area (Å²) in [5, 5.41) is 16.1. The number of amidine groups is 1. The molecule has 0 radical (unpaired) electrons. The summed E-state index contributed by atoms with van der Waals surface area (Å²) in [5.74, 6) is 0.745. The molecule has 1 aromatic heterocycles. The minimum Gasteiger partial charge on any atom is -0.476 e. The Labute approximate surface area is 119 Å². The summed E-state index contributed by atoms with van der Waals surface area (Å²) in [6.07, 6.45) is 2.53. The Morgan fingerprint density at radius 3 is 2.75 bits per heavy atom. The van der Waals surface area contributed by atoms with Crippen molar-refractivity contribution in [3.63, 3.8) is 0 Å². The molecule has 2 rings (SSSR count). The van der Waals surface area contributed by atoms with Crippen LogP contribution in [-0.4, -0.2) is 35.9 Å². The van der Waals surface area contributed by atoms with Gasteiger partial charge in [0.1, 0.15) is 5.84 Å². The first-order valence-electron chi connectivity index (χ1n) is 7.10. The van der Waals surface area contributed by atoms with E-state index in [2.05, 4.69) is 10.2 Å². The zero-order valence-electron chi connectivity index (χ0n) is 12.1. The van der Waals surface area contributed by atoms with Crippen LogP contribution in [0.5, 0.6) is 5.88 Å². The number of ether oxygens (including phenoxy) is 2. The summed E-state index contributed by atoms with van der Waals surface area (Å²) < 4.78 is 11.1. The van der Waals surface area contributed by atoms with Crippen LogP contribution in [0.3, 0.4) is 0 Å². The lowest BCUT2D eigenvalue weighted by atomic mass is 10.0. The van der Waals surface area contributed by atoms with E-state index in [0.717, 1.165) is 43.7 Å². The molecule has 1 unspecified atom stereocenters. The number of hydrogen-bond donors (Lipinski definition) is 2. The molecule has 1 atom stereocenters. The minimum absolute atomic E-state index is 0.0101. The smallest absolute Gasteiger partial charge is 0.244 e. The van der Waals surface area contributed by atoms with E-state index in [0.29, 0.717) is 24.0 Å². The lowest BCUT2D eigenvalue weighted by Gasteiger charge is -2.16. The second-order valence-electron chi connectivity index (χ2n) is 4.97. The van der Waals surface area contributed by atoms with Gasteiger partial charge in [-0.3, -0.25) is 5.41 Å². The van der Waals surface area contributed by atoms with Crippen molar-refractivity contribution in [2.24, 2.45) is 11.7 Å². The fourth-order valence-electron chi connectivity index (χ4n) is 2.44. The van der Waals surface area contributed by atoms with Gasteiger partial charge in [0.2, 0.25) is 5.88 Å². The molecule has 3 N–H and O–H groups in total. The van der Waals surface area contributed by atoms with Crippen LogP contribution >= 0.6 is 0 Å². The predicted octanol–water partition coefficient (Wildman–Crippen LogP) is 1.30. The fourth-order valence-corrected chi connectivity index (χ4v) is 2.44. The van der Waals surface area contributed by atoms with Gasteiger partial charge < -0.3 is 15.2 Å². The third kappa shape index (κ3) is 3.07. The third-order valence-electron chi connectivity index (χ3n) is 3.56. The zero-order valence-corrected chi connectivity index (χ0v) is 12.1. The Hall–Kier alpha value is -1.69. The summed E-state index contributed by atoms with van der Waals surface area (Å²) in [6, 6.07) is 0. The predicted molar refractivity (Wildman–Crippen MR) is 76.2 cm³/mol. The number of nitrogens with one attached hydrogen (secondary N) is 1. The molecule has 20 heavy (non-hydrogen) atoms. The normalized spacial score (nSPS) is 18.2. The van der Waals surface area contributed by atoms with E-state index in [-0.39, 0.29) is 5.84 Å². The van der Waals surface area contributed by atoms with Gasteiger partial charge in [-0.05, 0) is 24.8 Å². The molecule has 1 aliphatic heterocycles. The Kier molecular flexibility index (Phi) is 4.89. The lowest BCUT2D eigenvalue weighted by molar-refractivity contribution is 0.165. The highest BCUT2D eigenvalue weighted by atomic mass is 16.5. The Bertz CT molecular complexity index is 484. The van der Waals surface area contributed by atoms with Crippen LogP contribution in [0.25, 0.3) is 0 Å². The van der Waals surface area contributed by atoms with Crippen LogP contribution in [0.2, 0.25) is 0 Å². The maximum Gasteiger partial charge on any atom is 0.244 e. The van der Waals surface area contributed by atoms with Gasteiger partial charge in [-0.15, -0.1) is 5.10 Å². The highest BCUT2D eigenvalue weighted by Gasteiger charge is 2.21. The zero-order chi connectivity index (χ0) is 14.5. The molecule has 110 valence electrons. The van der Waals surface area contributed by atoms with Crippen molar-refractivity contribution >= 4 is 5.84 Å². The van der Waals surface area contributed by atoms with Gasteiger partial charge in [0.15, 0.2) is 0 Å². The average molecular weight is 278 g/mol. The van der Waals surface area contributed by atoms with Crippen LogP contribution in [0.15, 0.2) is 0 Å². The molecule has 2 heterocycles. The standard InChI is InChI=1S/C14H22N4O2/c1-3-10-11(4-2)17-18-14(12(10)13(15)16)20-8-9-5-6-19-7-9/h9H,3-8H2,1-2H3,(H3,15,16). The van der Waals surface area contributed by atoms with Crippen molar-refractivity contribution in [1.82, 2.24) is 10.2 Å². The molecule has 0 aromatic carbocycles. The third-order valence-corrected chi connectivity index (χ3v) is 3.56. The maximum absolute atomic E-state index is 7.79. The number of nitrogens with zero attached hydrogens (tertiary/aromatic N) is 2. The first-order valence-corrected chi connectivity index (χ1v) is 7.10. The second-order valence-corrected chi connectivity index (χ2v) is 4.97. The monoisotopic (exact) mass is 278 g/mol. The average Bonchev–Trinajstić information content (AvgIpc) is 2.96. The highest BCUT2D eigenvalue weighted by Crippen LogP contribution is 2.23. The molecule has 0 saturated carbocycles. The maximum atomic E-state index is 7.79. The van der Waals surface area contributed by atoms with Crippen LogP contribution in [-0.2, 0) is 17.6 Å². The van der Waals surface area contributed by atoms with E-state index in [1.807, 2.05) is 13.8 Å². The molecular formula is C14H22N4O2. The van der Waals surface area contributed by atoms with Gasteiger partial charge >= 0.3 is 0 Å². The van der Waals surface area contributed by atoms with Crippen LogP contribution in [0, 0.1) is 11.3 Å². The van der Waals surface area contributed by atoms with Crippen molar-refractivity contribution in [3.8, 4) is 5.88 Å². The van der Waals surface area contributed by atoms with Crippen molar-refractivity contribution in [2.75, 3.05) is 19.8 Å². The van der Waals surface area contributed by atoms with Crippen molar-refractivity contribution in [3.05, 3.63) is 16.8 Å². The molecule has 6 nitrogen and oxygen atoms in total. The number of aryl methyl sites for hydroxylation is 1. The first-order chi connectivity index (χ1) is 9.67. The van der Waals surface area contributed by atoms with Gasteiger partial charge in [-0.1, -0.05) is 13.8 Å². The van der Waals surface area contributed by atoms with Gasteiger partial charge in [0, 0.05) is 12.5 Å². The van der Waals surface area contributed by atoms with Crippen LogP contribution in [0.4, 0.5) is 0 Å². The molecule has 0 bridgehead atoms. The van der Waals surface area contributed by atoms with E-state index in [1.165, 1.54) is 0 Å². The van der Waals surface area contributed by atoms with Crippen LogP contribution in [0.1, 0.15) is 37.1 Å². The van der Waals surface area contributed by atoms with Gasteiger partial charge in [-0.2, -0.15) is 5.10 Å². The minimum atomic E-state index is -0.0101. The molecule has 0 aliphatic carbocycles. The number of nitrogens with two attached hydrogens (primary N) is 1. The summed E-state index contributed by atoms with van der Waals surface area (Å²) in [5.41, 5.74) is 8.15. The largest absolute Gasteiger partial charge is 0.476 e. The summed E-state index contributed by atoms with van der Waals surface area (Å²) in [6.45, 7) is 6.08. The fraction of sp³-hybridized carbons (Fsp3) is 0.643. The lowest BCUT2D eigenvalue weighted by Crippen LogP contribution is -2.21. The molecule has 1 saturated heterocycles. The highest BCUT2D eigenvalue weighted by molar-refractivity contribution is 5.98. The van der Waals surface area contributed by atoms with Gasteiger partial charge in [-0.25, -0.2) is 0 Å². The van der Waals surface area contributed by atoms with E-state index in [1.54, 1.807) is 0 Å². The van der Waals surface area contributed by atoms with Crippen LogP contribution < -0.4 is 10.5 Å². The Balaban J connectivity index is 2.24. The van der Waals surface area contributed by atoms with Crippen molar-refractivity contribution in [1.29, 1.82) is 5.41 Å². The van der Waals surface area contributed by atoms with E-state index in [4.69, 9.17) is 20.6 Å². The molecule has 1 aliphatic rings. The quantitative estimate of drug-likeness (QED) is 0.604. The summed E-state index contributed by atoms with van der Waals surface area (Å²) >= 11 is 0. The SMILES string of the molecule is CCc1nnc(OCC2CCOC2)c(C(=N)N)c1CC. The number of hydrogen-bond acceptors (Lipinski definition) is 5. The molecular weight excluding hydrogens is 256 g/mol. The van der Waals surface area contributed by atoms with Crippen molar-refractivity contribution < 1.29 is 9.47 Å². The Morgan fingerprint density at radius 2 is 2.20 bits per heavy atom. The molecule has 1 fully saturated rings. The molecule has 0 spiro atoms. The van der Waals surface area contributed by atoms with E-state index in [9.17, 15) is 0 Å². The van der Waals surface area contributed by atoms with Gasteiger partial charge in [0.05, 0.1) is 24.5 Å². The van der Waals surface area contributed by atoms with Crippen molar-refractivity contribution in [2.45, 2.75) is 33.1 Å². The second kappa shape index (κ2) is 6.65. The topological polar surface area (TPSA) is 94.1 Å². The summed E-state index contributed by atoms with van der Waals surface area (Å²) in [4.78, 5) is 0. The number of aromatic nitrogens is 2. The molecule has 0 amide bonds. The summed E-state index contributed by atoms with van der Waals surface area (Å²) in [7, 11) is 0. The number of rotatable bonds is 6. The Morgan fingerprint density at radius 1 is 1.40 bits per heavy atom. The molecule has 6 heteroatoms. The first kappa shape index (κ1) is 14.7. The number of nitrogen functional groups attached to an aromatic ring is 1. The van der Waals surface area contributed by atoms with Gasteiger partial charge in [0.25, 0.3) is 0 Å². The molecule has 1 aromatic rings. The van der Waals surface area contributed by atoms with E-state index < -0.39 is 0 Å².